The van der Waals surface area contributed by atoms with Crippen molar-refractivity contribution in [3.8, 4) is 0 Å². The van der Waals surface area contributed by atoms with Gasteiger partial charge in [0.25, 0.3) is 5.91 Å². The zero-order valence-corrected chi connectivity index (χ0v) is 21.9. The standard InChI is InChI=1S/C29H43NO/c1-26(2,3)20-13-19(14-21(15-20)27(4,5)6)25(31)30-24-17-22(28(7,8)9)16-23(18-24)29(10,11)12/h13-18H,1-12H3,(H,30,31). The highest BCUT2D eigenvalue weighted by Gasteiger charge is 2.24. The highest BCUT2D eigenvalue weighted by molar-refractivity contribution is 6.04. The smallest absolute Gasteiger partial charge is 0.255 e. The summed E-state index contributed by atoms with van der Waals surface area (Å²) in [4.78, 5) is 13.4. The topological polar surface area (TPSA) is 29.1 Å². The SMILES string of the molecule is CC(C)(C)c1cc(NC(=O)c2cc(C(C)(C)C)cc(C(C)(C)C)c2)cc(C(C)(C)C)c1. The van der Waals surface area contributed by atoms with E-state index in [1.54, 1.807) is 0 Å². The van der Waals surface area contributed by atoms with Crippen LogP contribution in [0.25, 0.3) is 0 Å². The van der Waals surface area contributed by atoms with Gasteiger partial charge in [-0.2, -0.15) is 0 Å². The van der Waals surface area contributed by atoms with E-state index in [2.05, 4.69) is 113 Å². The van der Waals surface area contributed by atoms with Crippen molar-refractivity contribution in [1.29, 1.82) is 0 Å². The van der Waals surface area contributed by atoms with Crippen LogP contribution < -0.4 is 5.32 Å². The van der Waals surface area contributed by atoms with Gasteiger partial charge in [0, 0.05) is 11.3 Å². The molecule has 0 saturated carbocycles. The van der Waals surface area contributed by atoms with E-state index in [1.165, 1.54) is 22.3 Å². The van der Waals surface area contributed by atoms with Crippen molar-refractivity contribution in [1.82, 2.24) is 0 Å². The molecule has 0 radical (unpaired) electrons. The molecular weight excluding hydrogens is 378 g/mol. The molecule has 0 heterocycles. The van der Waals surface area contributed by atoms with Crippen molar-refractivity contribution in [2.75, 3.05) is 5.32 Å². The Labute approximate surface area is 190 Å². The summed E-state index contributed by atoms with van der Waals surface area (Å²) in [7, 11) is 0. The Morgan fingerprint density at radius 1 is 0.516 bits per heavy atom. The van der Waals surface area contributed by atoms with Crippen molar-refractivity contribution in [2.45, 2.75) is 105 Å². The van der Waals surface area contributed by atoms with E-state index in [1.807, 2.05) is 12.1 Å². The molecule has 31 heavy (non-hydrogen) atoms. The van der Waals surface area contributed by atoms with Crippen molar-refractivity contribution < 1.29 is 4.79 Å². The number of amides is 1. The fourth-order valence-electron chi connectivity index (χ4n) is 3.39. The fourth-order valence-corrected chi connectivity index (χ4v) is 3.39. The Morgan fingerprint density at radius 2 is 0.806 bits per heavy atom. The predicted molar refractivity (Wildman–Crippen MR) is 136 cm³/mol. The third kappa shape index (κ3) is 6.45. The molecule has 2 nitrogen and oxygen atoms in total. The number of hydrogen-bond acceptors (Lipinski definition) is 1. The van der Waals surface area contributed by atoms with Crippen LogP contribution in [0.3, 0.4) is 0 Å². The van der Waals surface area contributed by atoms with Gasteiger partial charge in [0.05, 0.1) is 0 Å². The van der Waals surface area contributed by atoms with Crippen LogP contribution in [-0.4, -0.2) is 5.91 Å². The zero-order chi connectivity index (χ0) is 24.0. The fraction of sp³-hybridized carbons (Fsp3) is 0.552. The lowest BCUT2D eigenvalue weighted by molar-refractivity contribution is 0.102. The molecule has 1 N–H and O–H groups in total. The molecule has 2 heteroatoms. The second-order valence-corrected chi connectivity index (χ2v) is 13.1. The Kier molecular flexibility index (Phi) is 6.59. The molecule has 0 aliphatic heterocycles. The summed E-state index contributed by atoms with van der Waals surface area (Å²) in [5, 5.41) is 3.20. The number of hydrogen-bond donors (Lipinski definition) is 1. The van der Waals surface area contributed by atoms with Crippen molar-refractivity contribution in [3.05, 3.63) is 64.2 Å². The number of carbonyl (C=O) groups excluding carboxylic acids is 1. The first-order valence-electron chi connectivity index (χ1n) is 11.4. The third-order valence-electron chi connectivity index (χ3n) is 5.85. The van der Waals surface area contributed by atoms with E-state index >= 15 is 0 Å². The van der Waals surface area contributed by atoms with Crippen LogP contribution in [0.5, 0.6) is 0 Å². The molecule has 0 saturated heterocycles. The number of nitrogens with one attached hydrogen (secondary N) is 1. The summed E-state index contributed by atoms with van der Waals surface area (Å²) >= 11 is 0. The molecule has 170 valence electrons. The summed E-state index contributed by atoms with van der Waals surface area (Å²) in [5.74, 6) is -0.0532. The monoisotopic (exact) mass is 421 g/mol. The average Bonchev–Trinajstić information content (AvgIpc) is 2.58. The van der Waals surface area contributed by atoms with E-state index in [-0.39, 0.29) is 27.6 Å². The molecule has 0 spiro atoms. The van der Waals surface area contributed by atoms with Crippen molar-refractivity contribution >= 4 is 11.6 Å². The van der Waals surface area contributed by atoms with E-state index in [0.29, 0.717) is 0 Å². The van der Waals surface area contributed by atoms with E-state index < -0.39 is 0 Å². The molecule has 0 unspecified atom stereocenters. The molecule has 2 aromatic rings. The van der Waals surface area contributed by atoms with E-state index in [9.17, 15) is 4.79 Å². The lowest BCUT2D eigenvalue weighted by atomic mass is 9.79. The molecule has 0 bridgehead atoms. The lowest BCUT2D eigenvalue weighted by Gasteiger charge is -2.27. The van der Waals surface area contributed by atoms with Gasteiger partial charge in [-0.05, 0) is 68.2 Å². The zero-order valence-electron chi connectivity index (χ0n) is 21.9. The second kappa shape index (κ2) is 8.11. The summed E-state index contributed by atoms with van der Waals surface area (Å²) in [5.41, 5.74) is 6.37. The molecule has 0 aromatic heterocycles. The molecule has 2 rings (SSSR count). The van der Waals surface area contributed by atoms with Crippen LogP contribution in [-0.2, 0) is 21.7 Å². The van der Waals surface area contributed by atoms with Crippen molar-refractivity contribution in [2.24, 2.45) is 0 Å². The van der Waals surface area contributed by atoms with Gasteiger partial charge in [0.2, 0.25) is 0 Å². The number of carbonyl (C=O) groups is 1. The molecule has 0 aliphatic rings. The minimum atomic E-state index is -0.0532. The van der Waals surface area contributed by atoms with Crippen LogP contribution in [0.15, 0.2) is 36.4 Å². The summed E-state index contributed by atoms with van der Waals surface area (Å²) in [6.07, 6.45) is 0. The maximum Gasteiger partial charge on any atom is 0.255 e. The Morgan fingerprint density at radius 3 is 1.10 bits per heavy atom. The van der Waals surface area contributed by atoms with Crippen LogP contribution in [0.2, 0.25) is 0 Å². The molecule has 0 fully saturated rings. The first-order valence-corrected chi connectivity index (χ1v) is 11.4. The normalized spacial score (nSPS) is 13.3. The van der Waals surface area contributed by atoms with Crippen LogP contribution in [0.4, 0.5) is 5.69 Å². The van der Waals surface area contributed by atoms with Gasteiger partial charge in [-0.15, -0.1) is 0 Å². The molecule has 1 amide bonds. The Balaban J connectivity index is 2.54. The maximum atomic E-state index is 13.4. The predicted octanol–water partition coefficient (Wildman–Crippen LogP) is 8.13. The summed E-state index contributed by atoms with van der Waals surface area (Å²) < 4.78 is 0. The minimum Gasteiger partial charge on any atom is -0.322 e. The van der Waals surface area contributed by atoms with Gasteiger partial charge in [-0.1, -0.05) is 95.2 Å². The highest BCUT2D eigenvalue weighted by atomic mass is 16.1. The van der Waals surface area contributed by atoms with E-state index in [0.717, 1.165) is 11.3 Å². The molecular formula is C29H43NO. The van der Waals surface area contributed by atoms with Gasteiger partial charge >= 0.3 is 0 Å². The van der Waals surface area contributed by atoms with E-state index in [4.69, 9.17) is 0 Å². The number of benzene rings is 2. The second-order valence-electron chi connectivity index (χ2n) is 13.1. The molecule has 0 aliphatic carbocycles. The summed E-state index contributed by atoms with van der Waals surface area (Å²) in [6, 6.07) is 12.8. The molecule has 2 aromatic carbocycles. The molecule has 0 atom stereocenters. The largest absolute Gasteiger partial charge is 0.322 e. The van der Waals surface area contributed by atoms with Crippen molar-refractivity contribution in [3.63, 3.8) is 0 Å². The van der Waals surface area contributed by atoms with Crippen LogP contribution in [0, 0.1) is 0 Å². The van der Waals surface area contributed by atoms with Gasteiger partial charge < -0.3 is 5.32 Å². The van der Waals surface area contributed by atoms with Gasteiger partial charge in [-0.25, -0.2) is 0 Å². The first kappa shape index (κ1) is 25.2. The lowest BCUT2D eigenvalue weighted by Crippen LogP contribution is -2.21. The average molecular weight is 422 g/mol. The quantitative estimate of drug-likeness (QED) is 0.521. The maximum absolute atomic E-state index is 13.4. The Hall–Kier alpha value is -2.09. The summed E-state index contributed by atoms with van der Waals surface area (Å²) in [6.45, 7) is 26.4. The van der Waals surface area contributed by atoms with Gasteiger partial charge in [-0.3, -0.25) is 4.79 Å². The highest BCUT2D eigenvalue weighted by Crippen LogP contribution is 2.33. The van der Waals surface area contributed by atoms with Crippen LogP contribution in [0.1, 0.15) is 116 Å². The van der Waals surface area contributed by atoms with Gasteiger partial charge in [0.1, 0.15) is 0 Å². The van der Waals surface area contributed by atoms with Gasteiger partial charge in [0.15, 0.2) is 0 Å². The number of anilines is 1. The first-order chi connectivity index (χ1) is 13.8. The third-order valence-corrected chi connectivity index (χ3v) is 5.85. The Bertz CT molecular complexity index is 890. The van der Waals surface area contributed by atoms with Crippen LogP contribution >= 0.6 is 0 Å². The number of rotatable bonds is 2. The minimum absolute atomic E-state index is 0.00624.